The van der Waals surface area contributed by atoms with Gasteiger partial charge in [-0.1, -0.05) is 42.5 Å². The van der Waals surface area contributed by atoms with Crippen molar-refractivity contribution in [3.63, 3.8) is 0 Å². The molecule has 0 unspecified atom stereocenters. The Morgan fingerprint density at radius 1 is 0.903 bits per heavy atom. The molecule has 7 heteroatoms. The number of hydrogen-bond donors (Lipinski definition) is 0. The Labute approximate surface area is 182 Å². The van der Waals surface area contributed by atoms with Crippen LogP contribution in [0.2, 0.25) is 0 Å². The molecule has 1 saturated heterocycles. The van der Waals surface area contributed by atoms with Gasteiger partial charge in [-0.25, -0.2) is 8.42 Å². The Bertz CT molecular complexity index is 1190. The molecule has 1 aliphatic carbocycles. The van der Waals surface area contributed by atoms with E-state index in [0.717, 1.165) is 5.56 Å². The minimum absolute atomic E-state index is 0.0418. The Kier molecular flexibility index (Phi) is 4.93. The second-order valence-electron chi connectivity index (χ2n) is 8.42. The Hall–Kier alpha value is -2.93. The largest absolute Gasteiger partial charge is 0.339 e. The van der Waals surface area contributed by atoms with Crippen LogP contribution >= 0.6 is 0 Å². The van der Waals surface area contributed by atoms with E-state index in [4.69, 9.17) is 0 Å². The fraction of sp³-hybridized carbons (Fsp3) is 0.333. The van der Waals surface area contributed by atoms with Gasteiger partial charge in [-0.15, -0.1) is 0 Å². The van der Waals surface area contributed by atoms with E-state index in [9.17, 15) is 18.0 Å². The Morgan fingerprint density at radius 3 is 2.32 bits per heavy atom. The predicted octanol–water partition coefficient (Wildman–Crippen LogP) is 2.61. The van der Waals surface area contributed by atoms with Crippen molar-refractivity contribution >= 4 is 27.7 Å². The number of rotatable bonds is 4. The SMILES string of the molecule is O=C(Cc1cccc(C2CC2)c1)N1CCN(C(=O)C2=Cc3ccccc3S2(=O)=O)CC1. The van der Waals surface area contributed by atoms with Crippen molar-refractivity contribution in [3.8, 4) is 0 Å². The summed E-state index contributed by atoms with van der Waals surface area (Å²) in [7, 11) is -3.78. The number of benzene rings is 2. The standard InChI is InChI=1S/C24H24N2O4S/c27-23(15-17-4-3-6-19(14-17)18-8-9-18)25-10-12-26(13-11-25)24(28)22-16-20-5-1-2-7-21(20)31(22,29)30/h1-7,14,16,18H,8-13,15H2. The van der Waals surface area contributed by atoms with Crippen LogP contribution in [-0.4, -0.2) is 56.2 Å². The van der Waals surface area contributed by atoms with Gasteiger partial charge in [0.15, 0.2) is 0 Å². The van der Waals surface area contributed by atoms with Crippen molar-refractivity contribution < 1.29 is 18.0 Å². The number of hydrogen-bond acceptors (Lipinski definition) is 4. The third-order valence-corrected chi connectivity index (χ3v) is 8.09. The number of amides is 2. The maximum absolute atomic E-state index is 12.9. The van der Waals surface area contributed by atoms with Gasteiger partial charge in [-0.05, 0) is 47.6 Å². The van der Waals surface area contributed by atoms with E-state index in [0.29, 0.717) is 44.1 Å². The summed E-state index contributed by atoms with van der Waals surface area (Å²) in [4.78, 5) is 29.0. The maximum atomic E-state index is 12.9. The quantitative estimate of drug-likeness (QED) is 0.739. The molecule has 2 aromatic carbocycles. The zero-order valence-corrected chi connectivity index (χ0v) is 18.0. The van der Waals surface area contributed by atoms with Crippen molar-refractivity contribution in [1.29, 1.82) is 0 Å². The number of carbonyl (C=O) groups is 2. The van der Waals surface area contributed by atoms with E-state index in [-0.39, 0.29) is 15.7 Å². The second-order valence-corrected chi connectivity index (χ2v) is 10.3. The monoisotopic (exact) mass is 436 g/mol. The van der Waals surface area contributed by atoms with Crippen molar-refractivity contribution in [2.75, 3.05) is 26.2 Å². The van der Waals surface area contributed by atoms with Crippen LogP contribution in [-0.2, 0) is 25.8 Å². The van der Waals surface area contributed by atoms with E-state index in [1.54, 1.807) is 23.1 Å². The molecule has 2 fully saturated rings. The minimum Gasteiger partial charge on any atom is -0.339 e. The first-order valence-corrected chi connectivity index (χ1v) is 12.1. The van der Waals surface area contributed by atoms with Crippen molar-refractivity contribution in [1.82, 2.24) is 9.80 Å². The smallest absolute Gasteiger partial charge is 0.265 e. The first-order valence-electron chi connectivity index (χ1n) is 10.7. The van der Waals surface area contributed by atoms with Crippen molar-refractivity contribution in [2.45, 2.75) is 30.1 Å². The zero-order chi connectivity index (χ0) is 21.6. The second kappa shape index (κ2) is 7.64. The summed E-state index contributed by atoms with van der Waals surface area (Å²) in [6.45, 7) is 1.48. The molecule has 0 atom stereocenters. The molecular formula is C24H24N2O4S. The highest BCUT2D eigenvalue weighted by molar-refractivity contribution is 7.96. The van der Waals surface area contributed by atoms with Crippen LogP contribution in [0.5, 0.6) is 0 Å². The molecule has 0 aromatic heterocycles. The van der Waals surface area contributed by atoms with E-state index in [2.05, 4.69) is 12.1 Å². The number of piperazine rings is 1. The highest BCUT2D eigenvalue weighted by Crippen LogP contribution is 2.40. The van der Waals surface area contributed by atoms with Gasteiger partial charge in [0.1, 0.15) is 4.91 Å². The fourth-order valence-corrected chi connectivity index (χ4v) is 5.91. The fourth-order valence-electron chi connectivity index (χ4n) is 4.33. The van der Waals surface area contributed by atoms with Crippen molar-refractivity contribution in [3.05, 3.63) is 70.1 Å². The number of carbonyl (C=O) groups excluding carboxylic acids is 2. The summed E-state index contributed by atoms with van der Waals surface area (Å²) in [5.41, 5.74) is 2.88. The van der Waals surface area contributed by atoms with E-state index < -0.39 is 15.7 Å². The van der Waals surface area contributed by atoms with E-state index >= 15 is 0 Å². The highest BCUT2D eigenvalue weighted by Gasteiger charge is 2.37. The average molecular weight is 437 g/mol. The molecule has 5 rings (SSSR count). The number of fused-ring (bicyclic) bond motifs is 1. The lowest BCUT2D eigenvalue weighted by atomic mass is 10.0. The molecule has 2 amide bonds. The van der Waals surface area contributed by atoms with Crippen LogP contribution in [0.3, 0.4) is 0 Å². The summed E-state index contributed by atoms with van der Waals surface area (Å²) < 4.78 is 25.5. The summed E-state index contributed by atoms with van der Waals surface area (Å²) in [6, 6.07) is 14.9. The first-order chi connectivity index (χ1) is 14.9. The molecule has 2 aliphatic heterocycles. The Morgan fingerprint density at radius 2 is 1.61 bits per heavy atom. The molecule has 0 bridgehead atoms. The molecular weight excluding hydrogens is 412 g/mol. The van der Waals surface area contributed by atoms with Crippen LogP contribution in [0.15, 0.2) is 58.3 Å². The molecule has 1 saturated carbocycles. The van der Waals surface area contributed by atoms with Gasteiger partial charge in [-0.3, -0.25) is 9.59 Å². The molecule has 6 nitrogen and oxygen atoms in total. The normalized spacial score (nSPS) is 19.7. The van der Waals surface area contributed by atoms with Crippen molar-refractivity contribution in [2.24, 2.45) is 0 Å². The lowest BCUT2D eigenvalue weighted by Crippen LogP contribution is -2.51. The highest BCUT2D eigenvalue weighted by atomic mass is 32.2. The molecule has 2 aromatic rings. The van der Waals surface area contributed by atoms with Gasteiger partial charge < -0.3 is 9.80 Å². The van der Waals surface area contributed by atoms with Gasteiger partial charge >= 0.3 is 0 Å². The average Bonchev–Trinajstić information content (AvgIpc) is 3.59. The van der Waals surface area contributed by atoms with Crippen LogP contribution in [0.25, 0.3) is 6.08 Å². The summed E-state index contributed by atoms with van der Waals surface area (Å²) in [5.74, 6) is 0.206. The number of nitrogens with zero attached hydrogens (tertiary/aromatic N) is 2. The zero-order valence-electron chi connectivity index (χ0n) is 17.2. The minimum atomic E-state index is -3.78. The molecule has 31 heavy (non-hydrogen) atoms. The third kappa shape index (κ3) is 3.78. The maximum Gasteiger partial charge on any atom is 0.265 e. The topological polar surface area (TPSA) is 74.8 Å². The molecule has 3 aliphatic rings. The molecule has 0 spiro atoms. The Balaban J connectivity index is 1.21. The summed E-state index contributed by atoms with van der Waals surface area (Å²) >= 11 is 0. The summed E-state index contributed by atoms with van der Waals surface area (Å²) in [5, 5.41) is 0. The number of sulfone groups is 1. The predicted molar refractivity (Wildman–Crippen MR) is 117 cm³/mol. The van der Waals surface area contributed by atoms with E-state index in [1.807, 2.05) is 12.1 Å². The van der Waals surface area contributed by atoms with Gasteiger partial charge in [0.05, 0.1) is 11.3 Å². The molecule has 2 heterocycles. The van der Waals surface area contributed by atoms with Gasteiger partial charge in [0.2, 0.25) is 15.7 Å². The first kappa shape index (κ1) is 20.0. The molecule has 160 valence electrons. The van der Waals surface area contributed by atoms with Crippen LogP contribution in [0.4, 0.5) is 0 Å². The van der Waals surface area contributed by atoms with Crippen LogP contribution in [0, 0.1) is 0 Å². The van der Waals surface area contributed by atoms with Gasteiger partial charge in [0.25, 0.3) is 5.91 Å². The van der Waals surface area contributed by atoms with Gasteiger partial charge in [0, 0.05) is 26.2 Å². The molecule has 0 N–H and O–H groups in total. The third-order valence-electron chi connectivity index (χ3n) is 6.27. The van der Waals surface area contributed by atoms with E-state index in [1.165, 1.54) is 35.4 Å². The van der Waals surface area contributed by atoms with Gasteiger partial charge in [-0.2, -0.15) is 0 Å². The summed E-state index contributed by atoms with van der Waals surface area (Å²) in [6.07, 6.45) is 4.26. The van der Waals surface area contributed by atoms with Crippen LogP contribution in [0.1, 0.15) is 35.4 Å². The lowest BCUT2D eigenvalue weighted by Gasteiger charge is -2.35. The van der Waals surface area contributed by atoms with Crippen LogP contribution < -0.4 is 0 Å². The lowest BCUT2D eigenvalue weighted by molar-refractivity contribution is -0.136. The molecule has 0 radical (unpaired) electrons.